The van der Waals surface area contributed by atoms with Gasteiger partial charge >= 0.3 is 12.1 Å². The molecule has 0 saturated carbocycles. The lowest BCUT2D eigenvalue weighted by atomic mass is 10.0. The molecule has 0 aromatic carbocycles. The van der Waals surface area contributed by atoms with Gasteiger partial charge in [-0.2, -0.15) is 13.2 Å². The molecule has 0 aliphatic heterocycles. The first-order valence-corrected chi connectivity index (χ1v) is 4.79. The van der Waals surface area contributed by atoms with Crippen LogP contribution in [0.3, 0.4) is 0 Å². The number of ether oxygens (including phenoxy) is 1. The second kappa shape index (κ2) is 4.71. The van der Waals surface area contributed by atoms with Crippen molar-refractivity contribution in [3.63, 3.8) is 0 Å². The van der Waals surface area contributed by atoms with E-state index in [4.69, 9.17) is 9.84 Å². The van der Waals surface area contributed by atoms with Gasteiger partial charge in [0.05, 0.1) is 7.11 Å². The first kappa shape index (κ1) is 14.1. The molecule has 0 fully saturated rings. The molecular formula is C10H11F3N2O3. The topological polar surface area (TPSA) is 71.5 Å². The van der Waals surface area contributed by atoms with Gasteiger partial charge in [0.1, 0.15) is 0 Å². The maximum atomic E-state index is 12.7. The molecule has 0 aliphatic carbocycles. The molecular weight excluding hydrogens is 253 g/mol. The van der Waals surface area contributed by atoms with E-state index in [1.165, 1.54) is 25.4 Å². The quantitative estimate of drug-likeness (QED) is 0.869. The van der Waals surface area contributed by atoms with Crippen molar-refractivity contribution in [1.82, 2.24) is 4.98 Å². The second-order valence-corrected chi connectivity index (χ2v) is 3.64. The predicted molar refractivity (Wildman–Crippen MR) is 56.5 cm³/mol. The van der Waals surface area contributed by atoms with Crippen LogP contribution in [-0.4, -0.2) is 34.9 Å². The molecule has 18 heavy (non-hydrogen) atoms. The maximum Gasteiger partial charge on any atom is 0.422 e. The van der Waals surface area contributed by atoms with E-state index in [0.717, 1.165) is 0 Å². The van der Waals surface area contributed by atoms with Crippen LogP contribution in [0.2, 0.25) is 0 Å². The van der Waals surface area contributed by atoms with E-state index in [2.05, 4.69) is 4.98 Å². The number of aromatic nitrogens is 1. The number of pyridine rings is 1. The average Bonchev–Trinajstić information content (AvgIpc) is 2.27. The Balaban J connectivity index is 3.08. The van der Waals surface area contributed by atoms with E-state index in [1.807, 2.05) is 5.32 Å². The van der Waals surface area contributed by atoms with Crippen LogP contribution in [-0.2, 0) is 4.79 Å². The summed E-state index contributed by atoms with van der Waals surface area (Å²) in [6, 6.07) is 2.39. The zero-order chi connectivity index (χ0) is 14.0. The molecule has 8 heteroatoms. The zero-order valence-electron chi connectivity index (χ0n) is 9.58. The molecule has 1 rings (SSSR count). The van der Waals surface area contributed by atoms with Gasteiger partial charge in [0, 0.05) is 18.0 Å². The molecule has 0 amide bonds. The summed E-state index contributed by atoms with van der Waals surface area (Å²) in [5.74, 6) is -1.94. The molecule has 100 valence electrons. The summed E-state index contributed by atoms with van der Waals surface area (Å²) in [6.45, 7) is 0.544. The lowest BCUT2D eigenvalue weighted by molar-refractivity contribution is -0.192. The highest BCUT2D eigenvalue weighted by Crippen LogP contribution is 2.34. The van der Waals surface area contributed by atoms with Crippen LogP contribution in [0.5, 0.6) is 5.88 Å². The number of alkyl halides is 3. The number of hydrogen-bond donors (Lipinski definition) is 2. The van der Waals surface area contributed by atoms with Crippen molar-refractivity contribution >= 4 is 11.7 Å². The van der Waals surface area contributed by atoms with Gasteiger partial charge in [-0.25, -0.2) is 9.78 Å². The maximum absolute atomic E-state index is 12.7. The highest BCUT2D eigenvalue weighted by molar-refractivity contribution is 5.83. The number of methoxy groups -OCH3 is 1. The molecule has 1 aromatic rings. The van der Waals surface area contributed by atoms with Gasteiger partial charge in [-0.05, 0) is 13.0 Å². The Hall–Kier alpha value is -1.99. The smallest absolute Gasteiger partial charge is 0.422 e. The van der Waals surface area contributed by atoms with Gasteiger partial charge in [0.25, 0.3) is 0 Å². The highest BCUT2D eigenvalue weighted by atomic mass is 19.4. The molecule has 0 spiro atoms. The number of carboxylic acid groups (broad SMARTS) is 1. The van der Waals surface area contributed by atoms with Gasteiger partial charge in [-0.15, -0.1) is 0 Å². The summed E-state index contributed by atoms with van der Waals surface area (Å²) in [5.41, 5.74) is -3.14. The average molecular weight is 264 g/mol. The SMILES string of the molecule is COc1cc(NC(C)(C(=O)O)C(F)(F)F)ccn1. The third kappa shape index (κ3) is 2.63. The lowest BCUT2D eigenvalue weighted by Gasteiger charge is -2.29. The molecule has 0 saturated heterocycles. The molecule has 1 unspecified atom stereocenters. The number of anilines is 1. The minimum Gasteiger partial charge on any atom is -0.481 e. The van der Waals surface area contributed by atoms with Crippen LogP contribution in [0, 0.1) is 0 Å². The van der Waals surface area contributed by atoms with E-state index in [1.54, 1.807) is 0 Å². The fraction of sp³-hybridized carbons (Fsp3) is 0.400. The summed E-state index contributed by atoms with van der Waals surface area (Å²) < 4.78 is 42.9. The van der Waals surface area contributed by atoms with Crippen molar-refractivity contribution in [1.29, 1.82) is 0 Å². The normalized spacial score (nSPS) is 14.7. The largest absolute Gasteiger partial charge is 0.481 e. The standard InChI is InChI=1S/C10H11F3N2O3/c1-9(8(16)17,10(11,12)13)15-6-3-4-14-7(5-6)18-2/h3-5H,1-2H3,(H,14,15)(H,16,17). The van der Waals surface area contributed by atoms with Gasteiger partial charge in [-0.1, -0.05) is 0 Å². The number of aliphatic carboxylic acids is 1. The molecule has 1 aromatic heterocycles. The van der Waals surface area contributed by atoms with E-state index in [0.29, 0.717) is 6.92 Å². The Morgan fingerprint density at radius 2 is 2.11 bits per heavy atom. The summed E-state index contributed by atoms with van der Waals surface area (Å²) in [7, 11) is 1.30. The van der Waals surface area contributed by atoms with Crippen molar-refractivity contribution in [2.24, 2.45) is 0 Å². The third-order valence-corrected chi connectivity index (χ3v) is 2.33. The van der Waals surface area contributed by atoms with Crippen LogP contribution in [0.4, 0.5) is 18.9 Å². The van der Waals surface area contributed by atoms with E-state index in [-0.39, 0.29) is 11.6 Å². The van der Waals surface area contributed by atoms with Crippen molar-refractivity contribution in [3.8, 4) is 5.88 Å². The number of nitrogens with zero attached hydrogens (tertiary/aromatic N) is 1. The molecule has 1 atom stereocenters. The Bertz CT molecular complexity index is 450. The predicted octanol–water partition coefficient (Wildman–Crippen LogP) is 1.91. The van der Waals surface area contributed by atoms with Crippen LogP contribution in [0.15, 0.2) is 18.3 Å². The number of halogens is 3. The monoisotopic (exact) mass is 264 g/mol. The molecule has 1 heterocycles. The number of carboxylic acids is 1. The molecule has 0 aliphatic rings. The molecule has 2 N–H and O–H groups in total. The first-order chi connectivity index (χ1) is 8.20. The summed E-state index contributed by atoms with van der Waals surface area (Å²) in [5, 5.41) is 10.7. The summed E-state index contributed by atoms with van der Waals surface area (Å²) in [4.78, 5) is 14.5. The Morgan fingerprint density at radius 1 is 1.50 bits per heavy atom. The van der Waals surface area contributed by atoms with Gasteiger partial charge in [0.15, 0.2) is 0 Å². The third-order valence-electron chi connectivity index (χ3n) is 2.33. The van der Waals surface area contributed by atoms with Crippen LogP contribution in [0.1, 0.15) is 6.92 Å². The van der Waals surface area contributed by atoms with Crippen LogP contribution in [0.25, 0.3) is 0 Å². The fourth-order valence-corrected chi connectivity index (χ4v) is 1.13. The van der Waals surface area contributed by atoms with Gasteiger partial charge in [-0.3, -0.25) is 0 Å². The minimum absolute atomic E-state index is 0.0518. The van der Waals surface area contributed by atoms with Gasteiger partial charge in [0.2, 0.25) is 11.4 Å². The van der Waals surface area contributed by atoms with Crippen molar-refractivity contribution in [2.45, 2.75) is 18.6 Å². The lowest BCUT2D eigenvalue weighted by Crippen LogP contribution is -2.55. The van der Waals surface area contributed by atoms with Crippen molar-refractivity contribution in [3.05, 3.63) is 18.3 Å². The van der Waals surface area contributed by atoms with Crippen molar-refractivity contribution < 1.29 is 27.8 Å². The Kier molecular flexibility index (Phi) is 3.68. The van der Waals surface area contributed by atoms with Crippen LogP contribution >= 0.6 is 0 Å². The van der Waals surface area contributed by atoms with Crippen LogP contribution < -0.4 is 10.1 Å². The number of rotatable bonds is 4. The molecule has 5 nitrogen and oxygen atoms in total. The van der Waals surface area contributed by atoms with Gasteiger partial charge < -0.3 is 15.2 Å². The Labute approximate surface area is 101 Å². The summed E-state index contributed by atoms with van der Waals surface area (Å²) >= 11 is 0. The first-order valence-electron chi connectivity index (χ1n) is 4.79. The number of nitrogens with one attached hydrogen (secondary N) is 1. The summed E-state index contributed by atoms with van der Waals surface area (Å²) in [6.07, 6.45) is -3.74. The van der Waals surface area contributed by atoms with E-state index < -0.39 is 17.7 Å². The highest BCUT2D eigenvalue weighted by Gasteiger charge is 2.57. The van der Waals surface area contributed by atoms with E-state index >= 15 is 0 Å². The minimum atomic E-state index is -4.95. The van der Waals surface area contributed by atoms with E-state index in [9.17, 15) is 18.0 Å². The second-order valence-electron chi connectivity index (χ2n) is 3.64. The molecule has 0 radical (unpaired) electrons. The number of hydrogen-bond acceptors (Lipinski definition) is 4. The fourth-order valence-electron chi connectivity index (χ4n) is 1.13. The Morgan fingerprint density at radius 3 is 2.56 bits per heavy atom. The van der Waals surface area contributed by atoms with Crippen molar-refractivity contribution in [2.75, 3.05) is 12.4 Å². The zero-order valence-corrected chi connectivity index (χ0v) is 9.58. The number of carbonyl (C=O) groups is 1. The molecule has 0 bridgehead atoms.